The zero-order valence-electron chi connectivity index (χ0n) is 12.5. The first-order valence-corrected chi connectivity index (χ1v) is 8.26. The number of halogens is 2. The van der Waals surface area contributed by atoms with Gasteiger partial charge in [-0.15, -0.1) is 0 Å². The average Bonchev–Trinajstić information content (AvgIpc) is 2.40. The van der Waals surface area contributed by atoms with E-state index in [0.717, 1.165) is 23.8 Å². The van der Waals surface area contributed by atoms with Crippen LogP contribution in [-0.4, -0.2) is 6.04 Å². The minimum absolute atomic E-state index is 0.255. The van der Waals surface area contributed by atoms with E-state index in [1.807, 2.05) is 0 Å². The standard InChI is InChI=1S/C18H23F2N/c1-11(21-17-3-2-15(19)7-16(17)20)18-8-12-4-13(9-18)6-14(5-12)10-18/h2-3,7,11-14,21H,4-6,8-10H2,1H3. The molecule has 114 valence electrons. The fourth-order valence-corrected chi connectivity index (χ4v) is 5.70. The van der Waals surface area contributed by atoms with Crippen LogP contribution in [0.15, 0.2) is 18.2 Å². The minimum Gasteiger partial charge on any atom is -0.380 e. The summed E-state index contributed by atoms with van der Waals surface area (Å²) in [5, 5.41) is 3.35. The number of anilines is 1. The van der Waals surface area contributed by atoms with E-state index in [-0.39, 0.29) is 6.04 Å². The van der Waals surface area contributed by atoms with E-state index in [4.69, 9.17) is 0 Å². The van der Waals surface area contributed by atoms with Crippen molar-refractivity contribution in [3.63, 3.8) is 0 Å². The summed E-state index contributed by atoms with van der Waals surface area (Å²) in [7, 11) is 0. The lowest BCUT2D eigenvalue weighted by Gasteiger charge is -2.59. The van der Waals surface area contributed by atoms with Gasteiger partial charge in [0.05, 0.1) is 5.69 Å². The second-order valence-corrected chi connectivity index (χ2v) is 7.77. The normalized spacial score (nSPS) is 38.5. The van der Waals surface area contributed by atoms with Crippen molar-refractivity contribution in [2.24, 2.45) is 23.2 Å². The fraction of sp³-hybridized carbons (Fsp3) is 0.667. The Kier molecular flexibility index (Phi) is 3.02. The topological polar surface area (TPSA) is 12.0 Å². The third-order valence-electron chi connectivity index (χ3n) is 6.31. The lowest BCUT2D eigenvalue weighted by molar-refractivity contribution is -0.0602. The molecule has 0 aliphatic heterocycles. The third kappa shape index (κ3) is 2.25. The predicted octanol–water partition coefficient (Wildman–Crippen LogP) is 4.98. The molecule has 0 saturated heterocycles. The summed E-state index contributed by atoms with van der Waals surface area (Å²) in [6.07, 6.45) is 8.10. The molecule has 4 aliphatic rings. The quantitative estimate of drug-likeness (QED) is 0.828. The Morgan fingerprint density at radius 3 is 2.14 bits per heavy atom. The van der Waals surface area contributed by atoms with E-state index in [2.05, 4.69) is 12.2 Å². The van der Waals surface area contributed by atoms with Crippen LogP contribution >= 0.6 is 0 Å². The summed E-state index contributed by atoms with van der Waals surface area (Å²) in [6, 6.07) is 4.08. The summed E-state index contributed by atoms with van der Waals surface area (Å²) in [6.45, 7) is 2.19. The van der Waals surface area contributed by atoms with Crippen LogP contribution in [0.4, 0.5) is 14.5 Å². The molecule has 21 heavy (non-hydrogen) atoms. The molecule has 0 aromatic heterocycles. The average molecular weight is 291 g/mol. The highest BCUT2D eigenvalue weighted by atomic mass is 19.1. The van der Waals surface area contributed by atoms with Gasteiger partial charge in [0.1, 0.15) is 11.6 Å². The first kappa shape index (κ1) is 13.5. The van der Waals surface area contributed by atoms with Crippen LogP contribution in [0.3, 0.4) is 0 Å². The summed E-state index contributed by atoms with van der Waals surface area (Å²) < 4.78 is 26.9. The SMILES string of the molecule is CC(Nc1ccc(F)cc1F)C12CC3CC(CC(C3)C1)C2. The van der Waals surface area contributed by atoms with Crippen molar-refractivity contribution in [3.05, 3.63) is 29.8 Å². The molecule has 1 unspecified atom stereocenters. The summed E-state index contributed by atoms with van der Waals surface area (Å²) in [5.41, 5.74) is 0.773. The van der Waals surface area contributed by atoms with Crippen LogP contribution in [0.2, 0.25) is 0 Å². The highest BCUT2D eigenvalue weighted by molar-refractivity contribution is 5.46. The molecule has 0 spiro atoms. The van der Waals surface area contributed by atoms with Crippen LogP contribution in [0.5, 0.6) is 0 Å². The molecule has 1 nitrogen and oxygen atoms in total. The molecule has 0 heterocycles. The van der Waals surface area contributed by atoms with Crippen molar-refractivity contribution in [3.8, 4) is 0 Å². The second-order valence-electron chi connectivity index (χ2n) is 7.77. The van der Waals surface area contributed by atoms with Gasteiger partial charge in [0, 0.05) is 12.1 Å². The molecule has 4 saturated carbocycles. The van der Waals surface area contributed by atoms with Gasteiger partial charge in [-0.25, -0.2) is 8.78 Å². The van der Waals surface area contributed by atoms with Crippen molar-refractivity contribution in [2.75, 3.05) is 5.32 Å². The van der Waals surface area contributed by atoms with Crippen molar-refractivity contribution < 1.29 is 8.78 Å². The first-order valence-electron chi connectivity index (χ1n) is 8.26. The largest absolute Gasteiger partial charge is 0.380 e. The fourth-order valence-electron chi connectivity index (χ4n) is 5.70. The molecule has 1 aromatic rings. The molecule has 1 atom stereocenters. The van der Waals surface area contributed by atoms with Gasteiger partial charge in [0.2, 0.25) is 0 Å². The van der Waals surface area contributed by atoms with Gasteiger partial charge < -0.3 is 5.32 Å². The zero-order valence-corrected chi connectivity index (χ0v) is 12.5. The van der Waals surface area contributed by atoms with Gasteiger partial charge in [-0.05, 0) is 80.8 Å². The Morgan fingerprint density at radius 1 is 1.05 bits per heavy atom. The minimum atomic E-state index is -0.513. The van der Waals surface area contributed by atoms with E-state index in [9.17, 15) is 8.78 Å². The summed E-state index contributed by atoms with van der Waals surface area (Å²) >= 11 is 0. The Bertz CT molecular complexity index is 519. The lowest BCUT2D eigenvalue weighted by atomic mass is 9.48. The summed E-state index contributed by atoms with van der Waals surface area (Å²) in [5.74, 6) is 1.67. The van der Waals surface area contributed by atoms with Crippen molar-refractivity contribution >= 4 is 5.69 Å². The maximum atomic E-state index is 13.9. The molecule has 4 bridgehead atoms. The zero-order chi connectivity index (χ0) is 14.6. The van der Waals surface area contributed by atoms with Crippen LogP contribution in [-0.2, 0) is 0 Å². The number of nitrogens with one attached hydrogen (secondary N) is 1. The molecular weight excluding hydrogens is 268 g/mol. The third-order valence-corrected chi connectivity index (χ3v) is 6.31. The first-order chi connectivity index (χ1) is 10.0. The van der Waals surface area contributed by atoms with Gasteiger partial charge in [0.15, 0.2) is 0 Å². The van der Waals surface area contributed by atoms with Crippen molar-refractivity contribution in [1.82, 2.24) is 0 Å². The maximum absolute atomic E-state index is 13.9. The van der Waals surface area contributed by atoms with E-state index in [1.165, 1.54) is 50.7 Å². The predicted molar refractivity (Wildman–Crippen MR) is 80.0 cm³/mol. The second kappa shape index (κ2) is 4.69. The Balaban J connectivity index is 1.56. The molecule has 0 amide bonds. The highest BCUT2D eigenvalue weighted by Crippen LogP contribution is 2.61. The van der Waals surface area contributed by atoms with Crippen molar-refractivity contribution in [2.45, 2.75) is 51.5 Å². The maximum Gasteiger partial charge on any atom is 0.149 e. The van der Waals surface area contributed by atoms with Gasteiger partial charge in [-0.3, -0.25) is 0 Å². The molecular formula is C18H23F2N. The van der Waals surface area contributed by atoms with E-state index >= 15 is 0 Å². The molecule has 1 aromatic carbocycles. The summed E-state index contributed by atoms with van der Waals surface area (Å²) in [4.78, 5) is 0. The molecule has 4 fully saturated rings. The highest BCUT2D eigenvalue weighted by Gasteiger charge is 2.53. The Hall–Kier alpha value is -1.12. The van der Waals surface area contributed by atoms with Crippen LogP contribution < -0.4 is 5.32 Å². The van der Waals surface area contributed by atoms with Crippen LogP contribution in [0.25, 0.3) is 0 Å². The van der Waals surface area contributed by atoms with E-state index in [0.29, 0.717) is 11.1 Å². The smallest absolute Gasteiger partial charge is 0.149 e. The van der Waals surface area contributed by atoms with Gasteiger partial charge >= 0.3 is 0 Å². The molecule has 0 radical (unpaired) electrons. The Labute approximate surface area is 125 Å². The number of hydrogen-bond donors (Lipinski definition) is 1. The number of hydrogen-bond acceptors (Lipinski definition) is 1. The number of benzene rings is 1. The van der Waals surface area contributed by atoms with E-state index in [1.54, 1.807) is 0 Å². The van der Waals surface area contributed by atoms with Gasteiger partial charge in [-0.1, -0.05) is 0 Å². The van der Waals surface area contributed by atoms with Gasteiger partial charge in [-0.2, -0.15) is 0 Å². The van der Waals surface area contributed by atoms with Crippen LogP contribution in [0.1, 0.15) is 45.4 Å². The number of rotatable bonds is 3. The molecule has 4 aliphatic carbocycles. The lowest BCUT2D eigenvalue weighted by Crippen LogP contribution is -2.52. The van der Waals surface area contributed by atoms with Crippen LogP contribution in [0, 0.1) is 34.8 Å². The molecule has 1 N–H and O–H groups in total. The van der Waals surface area contributed by atoms with E-state index < -0.39 is 11.6 Å². The Morgan fingerprint density at radius 2 is 1.62 bits per heavy atom. The molecule has 3 heteroatoms. The monoisotopic (exact) mass is 291 g/mol. The molecule has 5 rings (SSSR count). The van der Waals surface area contributed by atoms with Gasteiger partial charge in [0.25, 0.3) is 0 Å². The van der Waals surface area contributed by atoms with Crippen molar-refractivity contribution in [1.29, 1.82) is 0 Å².